The maximum Gasteiger partial charge on any atom is 0.220 e. The van der Waals surface area contributed by atoms with Gasteiger partial charge in [0.15, 0.2) is 0 Å². The van der Waals surface area contributed by atoms with Gasteiger partial charge < -0.3 is 5.32 Å². The van der Waals surface area contributed by atoms with Gasteiger partial charge in [0.05, 0.1) is 0 Å². The second-order valence-corrected chi connectivity index (χ2v) is 5.07. The normalized spacial score (nSPS) is 17.3. The predicted octanol–water partition coefficient (Wildman–Crippen LogP) is 3.80. The molecule has 0 atom stereocenters. The minimum atomic E-state index is 0.281. The number of unbranched alkanes of at least 4 members (excludes halogenated alkanes) is 4. The molecular weight excluding hydrogens is 198 g/mol. The van der Waals surface area contributed by atoms with Crippen molar-refractivity contribution in [2.24, 2.45) is 0 Å². The molecule has 0 bridgehead atoms. The number of hydrogen-bond donors (Lipinski definition) is 1. The molecule has 94 valence electrons. The molecule has 0 heterocycles. The van der Waals surface area contributed by atoms with Gasteiger partial charge in [-0.05, 0) is 19.3 Å². The van der Waals surface area contributed by atoms with Crippen LogP contribution < -0.4 is 5.32 Å². The van der Waals surface area contributed by atoms with Crippen molar-refractivity contribution < 1.29 is 4.79 Å². The zero-order valence-corrected chi connectivity index (χ0v) is 10.8. The van der Waals surface area contributed by atoms with Crippen LogP contribution in [0.25, 0.3) is 0 Å². The second kappa shape index (κ2) is 8.60. The van der Waals surface area contributed by atoms with Crippen LogP contribution in [0, 0.1) is 0 Å². The molecule has 0 aromatic rings. The van der Waals surface area contributed by atoms with Crippen LogP contribution in [0.2, 0.25) is 0 Å². The van der Waals surface area contributed by atoms with Gasteiger partial charge in [0.1, 0.15) is 0 Å². The molecule has 0 saturated heterocycles. The molecule has 0 aromatic heterocycles. The summed E-state index contributed by atoms with van der Waals surface area (Å²) in [5.41, 5.74) is 0. The van der Waals surface area contributed by atoms with E-state index < -0.39 is 0 Å². The molecule has 0 aliphatic heterocycles. The van der Waals surface area contributed by atoms with Crippen molar-refractivity contribution in [2.75, 3.05) is 0 Å². The SMILES string of the molecule is CCCCCCCC(=O)NC1CCCCC1. The third-order valence-corrected chi connectivity index (χ3v) is 3.48. The fraction of sp³-hybridized carbons (Fsp3) is 0.929. The van der Waals surface area contributed by atoms with Gasteiger partial charge in [-0.1, -0.05) is 51.9 Å². The monoisotopic (exact) mass is 225 g/mol. The van der Waals surface area contributed by atoms with Crippen molar-refractivity contribution in [3.8, 4) is 0 Å². The minimum absolute atomic E-state index is 0.281. The Morgan fingerprint density at radius 2 is 1.75 bits per heavy atom. The quantitative estimate of drug-likeness (QED) is 0.656. The van der Waals surface area contributed by atoms with Gasteiger partial charge in [0.25, 0.3) is 0 Å². The van der Waals surface area contributed by atoms with E-state index in [9.17, 15) is 4.79 Å². The highest BCUT2D eigenvalue weighted by molar-refractivity contribution is 5.76. The molecule has 0 aromatic carbocycles. The number of carbonyl (C=O) groups excluding carboxylic acids is 1. The van der Waals surface area contributed by atoms with E-state index in [-0.39, 0.29) is 5.91 Å². The third-order valence-electron chi connectivity index (χ3n) is 3.48. The highest BCUT2D eigenvalue weighted by Gasteiger charge is 2.14. The predicted molar refractivity (Wildman–Crippen MR) is 68.4 cm³/mol. The van der Waals surface area contributed by atoms with E-state index in [4.69, 9.17) is 0 Å². The summed E-state index contributed by atoms with van der Waals surface area (Å²) in [7, 11) is 0. The lowest BCUT2D eigenvalue weighted by atomic mass is 9.95. The summed E-state index contributed by atoms with van der Waals surface area (Å²) in [6, 6.07) is 0.483. The summed E-state index contributed by atoms with van der Waals surface area (Å²) in [6.07, 6.45) is 13.2. The van der Waals surface area contributed by atoms with E-state index >= 15 is 0 Å². The molecule has 0 radical (unpaired) electrons. The van der Waals surface area contributed by atoms with Crippen LogP contribution in [0.1, 0.15) is 77.6 Å². The standard InChI is InChI=1S/C14H27NO/c1-2-3-4-5-9-12-14(16)15-13-10-7-6-8-11-13/h13H,2-12H2,1H3,(H,15,16). The Morgan fingerprint density at radius 3 is 2.44 bits per heavy atom. The van der Waals surface area contributed by atoms with Gasteiger partial charge in [-0.2, -0.15) is 0 Å². The van der Waals surface area contributed by atoms with Crippen LogP contribution in [-0.2, 0) is 4.79 Å². The van der Waals surface area contributed by atoms with Gasteiger partial charge in [0, 0.05) is 12.5 Å². The lowest BCUT2D eigenvalue weighted by Gasteiger charge is -2.22. The summed E-state index contributed by atoms with van der Waals surface area (Å²) in [6.45, 7) is 2.22. The summed E-state index contributed by atoms with van der Waals surface area (Å²) < 4.78 is 0. The first-order chi connectivity index (χ1) is 7.83. The average Bonchev–Trinajstić information content (AvgIpc) is 2.30. The first-order valence-electron chi connectivity index (χ1n) is 7.12. The molecule has 2 heteroatoms. The van der Waals surface area contributed by atoms with Crippen molar-refractivity contribution in [3.05, 3.63) is 0 Å². The van der Waals surface area contributed by atoms with E-state index in [2.05, 4.69) is 12.2 Å². The minimum Gasteiger partial charge on any atom is -0.353 e. The van der Waals surface area contributed by atoms with Gasteiger partial charge in [-0.25, -0.2) is 0 Å². The van der Waals surface area contributed by atoms with Crippen molar-refractivity contribution >= 4 is 5.91 Å². The smallest absolute Gasteiger partial charge is 0.220 e. The fourth-order valence-electron chi connectivity index (χ4n) is 2.44. The number of amides is 1. The summed E-state index contributed by atoms with van der Waals surface area (Å²) >= 11 is 0. The molecule has 2 nitrogen and oxygen atoms in total. The van der Waals surface area contributed by atoms with Gasteiger partial charge in [0.2, 0.25) is 5.91 Å². The first kappa shape index (κ1) is 13.5. The average molecular weight is 225 g/mol. The summed E-state index contributed by atoms with van der Waals surface area (Å²) in [5.74, 6) is 0.281. The van der Waals surface area contributed by atoms with E-state index in [1.165, 1.54) is 57.8 Å². The van der Waals surface area contributed by atoms with Crippen LogP contribution in [-0.4, -0.2) is 11.9 Å². The zero-order chi connectivity index (χ0) is 11.6. The maximum atomic E-state index is 11.6. The Kier molecular flexibility index (Phi) is 7.28. The van der Waals surface area contributed by atoms with Crippen LogP contribution in [0.3, 0.4) is 0 Å². The number of rotatable bonds is 7. The summed E-state index contributed by atoms with van der Waals surface area (Å²) in [5, 5.41) is 3.17. The molecule has 1 aliphatic carbocycles. The molecule has 1 N–H and O–H groups in total. The second-order valence-electron chi connectivity index (χ2n) is 5.07. The molecule has 1 saturated carbocycles. The Labute approximate surface area is 100 Å². The molecule has 0 unspecified atom stereocenters. The van der Waals surface area contributed by atoms with E-state index in [1.807, 2.05) is 0 Å². The number of nitrogens with one attached hydrogen (secondary N) is 1. The van der Waals surface area contributed by atoms with Crippen LogP contribution in [0.5, 0.6) is 0 Å². The first-order valence-corrected chi connectivity index (χ1v) is 7.12. The largest absolute Gasteiger partial charge is 0.353 e. The van der Waals surface area contributed by atoms with Crippen molar-refractivity contribution in [1.29, 1.82) is 0 Å². The molecule has 1 fully saturated rings. The van der Waals surface area contributed by atoms with Crippen molar-refractivity contribution in [3.63, 3.8) is 0 Å². The Morgan fingerprint density at radius 1 is 1.06 bits per heavy atom. The van der Waals surface area contributed by atoms with E-state index in [1.54, 1.807) is 0 Å². The number of carbonyl (C=O) groups is 1. The van der Waals surface area contributed by atoms with Gasteiger partial charge in [-0.15, -0.1) is 0 Å². The molecular formula is C14H27NO. The Balaban J connectivity index is 1.97. The van der Waals surface area contributed by atoms with Crippen molar-refractivity contribution in [1.82, 2.24) is 5.32 Å². The van der Waals surface area contributed by atoms with E-state index in [0.717, 1.165) is 12.8 Å². The van der Waals surface area contributed by atoms with Crippen LogP contribution >= 0.6 is 0 Å². The van der Waals surface area contributed by atoms with Crippen molar-refractivity contribution in [2.45, 2.75) is 83.6 Å². The Hall–Kier alpha value is -0.530. The molecule has 16 heavy (non-hydrogen) atoms. The third kappa shape index (κ3) is 6.14. The zero-order valence-electron chi connectivity index (χ0n) is 10.8. The lowest BCUT2D eigenvalue weighted by Crippen LogP contribution is -2.35. The topological polar surface area (TPSA) is 29.1 Å². The highest BCUT2D eigenvalue weighted by atomic mass is 16.1. The molecule has 0 spiro atoms. The summed E-state index contributed by atoms with van der Waals surface area (Å²) in [4.78, 5) is 11.6. The van der Waals surface area contributed by atoms with Crippen LogP contribution in [0.15, 0.2) is 0 Å². The number of hydrogen-bond acceptors (Lipinski definition) is 1. The van der Waals surface area contributed by atoms with E-state index in [0.29, 0.717) is 6.04 Å². The van der Waals surface area contributed by atoms with Gasteiger partial charge in [-0.3, -0.25) is 4.79 Å². The Bertz CT molecular complexity index is 185. The fourth-order valence-corrected chi connectivity index (χ4v) is 2.44. The van der Waals surface area contributed by atoms with Gasteiger partial charge >= 0.3 is 0 Å². The molecule has 1 aliphatic rings. The molecule has 1 amide bonds. The van der Waals surface area contributed by atoms with Crippen LogP contribution in [0.4, 0.5) is 0 Å². The lowest BCUT2D eigenvalue weighted by molar-refractivity contribution is -0.122. The molecule has 1 rings (SSSR count). The highest BCUT2D eigenvalue weighted by Crippen LogP contribution is 2.17. The maximum absolute atomic E-state index is 11.6.